The van der Waals surface area contributed by atoms with Gasteiger partial charge in [0.25, 0.3) is 5.91 Å². The van der Waals surface area contributed by atoms with Crippen molar-refractivity contribution < 1.29 is 18.4 Å². The third-order valence-corrected chi connectivity index (χ3v) is 6.19. The van der Waals surface area contributed by atoms with E-state index in [1.54, 1.807) is 6.92 Å². The maximum atomic E-state index is 14.4. The molecule has 3 aromatic carbocycles. The molecule has 0 spiro atoms. The summed E-state index contributed by atoms with van der Waals surface area (Å²) in [6.07, 6.45) is 1.39. The first-order valence-electron chi connectivity index (χ1n) is 10.2. The molecule has 0 bridgehead atoms. The van der Waals surface area contributed by atoms with Gasteiger partial charge < -0.3 is 15.1 Å². The maximum Gasteiger partial charge on any atom is 0.259 e. The molecule has 5 nitrogen and oxygen atoms in total. The predicted molar refractivity (Wildman–Crippen MR) is 128 cm³/mol. The minimum Gasteiger partial charge on any atom is -0.469 e. The third-order valence-electron chi connectivity index (χ3n) is 4.92. The van der Waals surface area contributed by atoms with E-state index >= 15 is 0 Å². The zero-order chi connectivity index (χ0) is 23.2. The van der Waals surface area contributed by atoms with E-state index in [0.29, 0.717) is 17.0 Å². The van der Waals surface area contributed by atoms with Gasteiger partial charge in [0.15, 0.2) is 0 Å². The van der Waals surface area contributed by atoms with Crippen molar-refractivity contribution in [1.29, 1.82) is 0 Å². The van der Waals surface area contributed by atoms with Gasteiger partial charge in [-0.3, -0.25) is 9.59 Å². The third kappa shape index (κ3) is 5.51. The van der Waals surface area contributed by atoms with Crippen LogP contribution in [0.5, 0.6) is 0 Å². The van der Waals surface area contributed by atoms with E-state index in [1.807, 2.05) is 60.7 Å². The lowest BCUT2D eigenvalue weighted by Gasteiger charge is -2.18. The van der Waals surface area contributed by atoms with Gasteiger partial charge in [0.2, 0.25) is 5.91 Å². The lowest BCUT2D eigenvalue weighted by Crippen LogP contribution is -2.19. The standard InChI is InChI=1S/C26H21FN2O3S/c1-17-21(14-15-32-17)25(30)29-23-16-19(12-13-22(23)27)28-26(31)24(18-8-4-2-5-9-18)33-20-10-6-3-7-11-20/h2-16,24H,1H3,(H,28,31)(H,29,30). The summed E-state index contributed by atoms with van der Waals surface area (Å²) in [7, 11) is 0. The first kappa shape index (κ1) is 22.4. The summed E-state index contributed by atoms with van der Waals surface area (Å²) in [4.78, 5) is 26.6. The summed E-state index contributed by atoms with van der Waals surface area (Å²) >= 11 is 1.42. The number of furan rings is 1. The summed E-state index contributed by atoms with van der Waals surface area (Å²) in [5.41, 5.74) is 1.49. The number of benzene rings is 3. The van der Waals surface area contributed by atoms with Crippen molar-refractivity contribution >= 4 is 35.0 Å². The van der Waals surface area contributed by atoms with E-state index in [-0.39, 0.29) is 11.6 Å². The Morgan fingerprint density at radius 1 is 0.909 bits per heavy atom. The summed E-state index contributed by atoms with van der Waals surface area (Å²) in [6.45, 7) is 1.65. The smallest absolute Gasteiger partial charge is 0.259 e. The summed E-state index contributed by atoms with van der Waals surface area (Å²) in [6, 6.07) is 24.6. The number of hydrogen-bond donors (Lipinski definition) is 2. The molecule has 4 rings (SSSR count). The van der Waals surface area contributed by atoms with Crippen LogP contribution in [-0.2, 0) is 4.79 Å². The lowest BCUT2D eigenvalue weighted by atomic mass is 10.1. The van der Waals surface area contributed by atoms with E-state index in [9.17, 15) is 14.0 Å². The topological polar surface area (TPSA) is 71.3 Å². The van der Waals surface area contributed by atoms with Crippen molar-refractivity contribution in [1.82, 2.24) is 0 Å². The Balaban J connectivity index is 1.55. The van der Waals surface area contributed by atoms with Crippen LogP contribution < -0.4 is 10.6 Å². The number of amides is 2. The molecule has 0 saturated heterocycles. The molecule has 7 heteroatoms. The van der Waals surface area contributed by atoms with Gasteiger partial charge >= 0.3 is 0 Å². The second kappa shape index (κ2) is 10.2. The fourth-order valence-electron chi connectivity index (χ4n) is 3.25. The van der Waals surface area contributed by atoms with Gasteiger partial charge in [0.05, 0.1) is 17.5 Å². The number of aryl methyl sites for hydroxylation is 1. The number of anilines is 2. The second-order valence-corrected chi connectivity index (χ2v) is 8.43. The molecule has 0 saturated carbocycles. The van der Waals surface area contributed by atoms with Crippen LogP contribution in [0.25, 0.3) is 0 Å². The lowest BCUT2D eigenvalue weighted by molar-refractivity contribution is -0.115. The van der Waals surface area contributed by atoms with E-state index in [2.05, 4.69) is 10.6 Å². The van der Waals surface area contributed by atoms with Crippen LogP contribution in [0.3, 0.4) is 0 Å². The largest absolute Gasteiger partial charge is 0.469 e. The Bertz CT molecular complexity index is 1260. The Labute approximate surface area is 195 Å². The molecule has 2 amide bonds. The molecule has 0 aliphatic heterocycles. The summed E-state index contributed by atoms with van der Waals surface area (Å²) < 4.78 is 19.5. The molecule has 4 aromatic rings. The molecule has 1 aromatic heterocycles. The molecule has 33 heavy (non-hydrogen) atoms. The van der Waals surface area contributed by atoms with Gasteiger partial charge in [0, 0.05) is 10.6 Å². The molecule has 0 fully saturated rings. The highest BCUT2D eigenvalue weighted by Gasteiger charge is 2.23. The normalized spacial score (nSPS) is 11.6. The molecule has 1 heterocycles. The highest BCUT2D eigenvalue weighted by molar-refractivity contribution is 8.00. The monoisotopic (exact) mass is 460 g/mol. The number of halogens is 1. The van der Waals surface area contributed by atoms with E-state index in [1.165, 1.54) is 42.3 Å². The average molecular weight is 461 g/mol. The maximum absolute atomic E-state index is 14.4. The Morgan fingerprint density at radius 2 is 1.61 bits per heavy atom. The number of carbonyl (C=O) groups is 2. The van der Waals surface area contributed by atoms with Crippen LogP contribution in [0.4, 0.5) is 15.8 Å². The van der Waals surface area contributed by atoms with Crippen LogP contribution in [0.2, 0.25) is 0 Å². The highest BCUT2D eigenvalue weighted by Crippen LogP contribution is 2.36. The number of carbonyl (C=O) groups excluding carboxylic acids is 2. The minimum atomic E-state index is -0.610. The number of nitrogens with one attached hydrogen (secondary N) is 2. The van der Waals surface area contributed by atoms with Crippen molar-refractivity contribution in [3.05, 3.63) is 114 Å². The van der Waals surface area contributed by atoms with E-state index in [4.69, 9.17) is 4.42 Å². The zero-order valence-electron chi connectivity index (χ0n) is 17.7. The number of thioether (sulfide) groups is 1. The number of rotatable bonds is 7. The Hall–Kier alpha value is -3.84. The van der Waals surface area contributed by atoms with Crippen molar-refractivity contribution in [2.24, 2.45) is 0 Å². The van der Waals surface area contributed by atoms with Crippen LogP contribution >= 0.6 is 11.8 Å². The van der Waals surface area contributed by atoms with Crippen molar-refractivity contribution in [2.75, 3.05) is 10.6 Å². The first-order chi connectivity index (χ1) is 16.0. The molecule has 0 radical (unpaired) electrons. The van der Waals surface area contributed by atoms with Crippen LogP contribution in [0.1, 0.15) is 26.9 Å². The van der Waals surface area contributed by atoms with Crippen molar-refractivity contribution in [2.45, 2.75) is 17.1 Å². The molecule has 166 valence electrons. The van der Waals surface area contributed by atoms with Crippen LogP contribution in [-0.4, -0.2) is 11.8 Å². The SMILES string of the molecule is Cc1occc1C(=O)Nc1cc(NC(=O)C(Sc2ccccc2)c2ccccc2)ccc1F. The van der Waals surface area contributed by atoms with Crippen LogP contribution in [0, 0.1) is 12.7 Å². The fourth-order valence-corrected chi connectivity index (χ4v) is 4.30. The van der Waals surface area contributed by atoms with Gasteiger partial charge in [-0.1, -0.05) is 48.5 Å². The number of hydrogen-bond acceptors (Lipinski definition) is 4. The van der Waals surface area contributed by atoms with Gasteiger partial charge in [-0.15, -0.1) is 11.8 Å². The summed E-state index contributed by atoms with van der Waals surface area (Å²) in [5, 5.41) is 4.87. The van der Waals surface area contributed by atoms with Crippen molar-refractivity contribution in [3.63, 3.8) is 0 Å². The molecule has 1 atom stereocenters. The van der Waals surface area contributed by atoms with Gasteiger partial charge in [0.1, 0.15) is 16.8 Å². The van der Waals surface area contributed by atoms with Gasteiger partial charge in [-0.25, -0.2) is 4.39 Å². The molecule has 1 unspecified atom stereocenters. The van der Waals surface area contributed by atoms with Gasteiger partial charge in [-0.05, 0) is 48.9 Å². The first-order valence-corrected chi connectivity index (χ1v) is 11.1. The van der Waals surface area contributed by atoms with Gasteiger partial charge in [-0.2, -0.15) is 0 Å². The summed E-state index contributed by atoms with van der Waals surface area (Å²) in [5.74, 6) is -0.934. The predicted octanol–water partition coefficient (Wildman–Crippen LogP) is 6.45. The Morgan fingerprint density at radius 3 is 2.27 bits per heavy atom. The fraction of sp³-hybridized carbons (Fsp3) is 0.0769. The quantitative estimate of drug-likeness (QED) is 0.311. The molecule has 2 N–H and O–H groups in total. The second-order valence-electron chi connectivity index (χ2n) is 7.25. The highest BCUT2D eigenvalue weighted by atomic mass is 32.2. The van der Waals surface area contributed by atoms with Crippen LogP contribution in [0.15, 0.2) is 101 Å². The van der Waals surface area contributed by atoms with Crippen molar-refractivity contribution in [3.8, 4) is 0 Å². The average Bonchev–Trinajstić information content (AvgIpc) is 3.27. The molecular formula is C26H21FN2O3S. The minimum absolute atomic E-state index is 0.0367. The zero-order valence-corrected chi connectivity index (χ0v) is 18.6. The molecular weight excluding hydrogens is 439 g/mol. The van der Waals surface area contributed by atoms with E-state index < -0.39 is 17.0 Å². The Kier molecular flexibility index (Phi) is 6.90. The molecule has 0 aliphatic carbocycles. The van der Waals surface area contributed by atoms with E-state index in [0.717, 1.165) is 10.5 Å². The molecule has 0 aliphatic rings.